The molecule has 1 amide bonds. The standard InChI is InChI=1S/C12H16BrN5O/c1-3-18-11(10(13)5-16-18)6-14-12(19)8-17-7-9(2)4-15-17/h4-5,7H,3,6,8H2,1-2H3,(H,14,19). The quantitative estimate of drug-likeness (QED) is 0.905. The van der Waals surface area contributed by atoms with Gasteiger partial charge in [-0.3, -0.25) is 14.2 Å². The van der Waals surface area contributed by atoms with Gasteiger partial charge in [0.1, 0.15) is 6.54 Å². The van der Waals surface area contributed by atoms with Crippen LogP contribution in [0.25, 0.3) is 0 Å². The van der Waals surface area contributed by atoms with Gasteiger partial charge in [-0.2, -0.15) is 10.2 Å². The van der Waals surface area contributed by atoms with Crippen LogP contribution in [-0.4, -0.2) is 25.5 Å². The summed E-state index contributed by atoms with van der Waals surface area (Å²) in [6.45, 7) is 5.41. The molecule has 1 N–H and O–H groups in total. The van der Waals surface area contributed by atoms with Gasteiger partial charge in [0.25, 0.3) is 0 Å². The largest absolute Gasteiger partial charge is 0.349 e. The van der Waals surface area contributed by atoms with Crippen LogP contribution in [0.2, 0.25) is 0 Å². The molecule has 2 heterocycles. The van der Waals surface area contributed by atoms with E-state index >= 15 is 0 Å². The number of halogens is 1. The van der Waals surface area contributed by atoms with Crippen molar-refractivity contribution in [2.45, 2.75) is 33.5 Å². The Hall–Kier alpha value is -1.63. The zero-order valence-corrected chi connectivity index (χ0v) is 12.5. The predicted octanol–water partition coefficient (Wildman–Crippen LogP) is 1.49. The van der Waals surface area contributed by atoms with Crippen molar-refractivity contribution < 1.29 is 4.79 Å². The Morgan fingerprint density at radius 1 is 1.42 bits per heavy atom. The lowest BCUT2D eigenvalue weighted by molar-refractivity contribution is -0.122. The Balaban J connectivity index is 1.91. The van der Waals surface area contributed by atoms with E-state index in [-0.39, 0.29) is 12.5 Å². The van der Waals surface area contributed by atoms with Crippen molar-refractivity contribution in [3.63, 3.8) is 0 Å². The van der Waals surface area contributed by atoms with Crippen molar-refractivity contribution in [3.8, 4) is 0 Å². The average molecular weight is 326 g/mol. The lowest BCUT2D eigenvalue weighted by Crippen LogP contribution is -2.28. The minimum Gasteiger partial charge on any atom is -0.349 e. The van der Waals surface area contributed by atoms with E-state index in [1.807, 2.05) is 24.7 Å². The lowest BCUT2D eigenvalue weighted by Gasteiger charge is -2.08. The molecule has 0 aromatic carbocycles. The Kier molecular flexibility index (Phi) is 4.36. The number of hydrogen-bond donors (Lipinski definition) is 1. The highest BCUT2D eigenvalue weighted by Gasteiger charge is 2.09. The van der Waals surface area contributed by atoms with Gasteiger partial charge in [-0.25, -0.2) is 0 Å². The van der Waals surface area contributed by atoms with Gasteiger partial charge in [-0.05, 0) is 35.3 Å². The van der Waals surface area contributed by atoms with Crippen LogP contribution in [0, 0.1) is 6.92 Å². The summed E-state index contributed by atoms with van der Waals surface area (Å²) in [7, 11) is 0. The summed E-state index contributed by atoms with van der Waals surface area (Å²) in [5, 5.41) is 11.1. The van der Waals surface area contributed by atoms with Crippen LogP contribution < -0.4 is 5.32 Å². The number of rotatable bonds is 5. The van der Waals surface area contributed by atoms with Crippen LogP contribution in [0.4, 0.5) is 0 Å². The highest BCUT2D eigenvalue weighted by Crippen LogP contribution is 2.15. The molecule has 2 rings (SSSR count). The zero-order chi connectivity index (χ0) is 13.8. The molecule has 0 bridgehead atoms. The molecule has 0 radical (unpaired) electrons. The summed E-state index contributed by atoms with van der Waals surface area (Å²) in [6.07, 6.45) is 5.31. The third-order valence-corrected chi connectivity index (χ3v) is 3.38. The van der Waals surface area contributed by atoms with Gasteiger partial charge in [0.05, 0.1) is 29.1 Å². The number of amides is 1. The number of carbonyl (C=O) groups is 1. The molecule has 0 saturated carbocycles. The van der Waals surface area contributed by atoms with Gasteiger partial charge in [-0.15, -0.1) is 0 Å². The van der Waals surface area contributed by atoms with E-state index < -0.39 is 0 Å². The maximum absolute atomic E-state index is 11.8. The Morgan fingerprint density at radius 2 is 2.21 bits per heavy atom. The first-order chi connectivity index (χ1) is 9.10. The molecule has 19 heavy (non-hydrogen) atoms. The van der Waals surface area contributed by atoms with Gasteiger partial charge in [-0.1, -0.05) is 0 Å². The highest BCUT2D eigenvalue weighted by atomic mass is 79.9. The minimum absolute atomic E-state index is 0.0705. The van der Waals surface area contributed by atoms with Gasteiger partial charge in [0.2, 0.25) is 5.91 Å². The Bertz CT molecular complexity index is 574. The molecule has 0 saturated heterocycles. The molecule has 0 fully saturated rings. The summed E-state index contributed by atoms with van der Waals surface area (Å²) in [5.74, 6) is -0.0705. The second-order valence-electron chi connectivity index (χ2n) is 4.25. The second kappa shape index (κ2) is 6.01. The number of aromatic nitrogens is 4. The minimum atomic E-state index is -0.0705. The molecule has 0 aliphatic heterocycles. The normalized spacial score (nSPS) is 10.7. The fourth-order valence-corrected chi connectivity index (χ4v) is 2.21. The van der Waals surface area contributed by atoms with Crippen LogP contribution in [0.3, 0.4) is 0 Å². The van der Waals surface area contributed by atoms with Crippen molar-refractivity contribution in [2.75, 3.05) is 0 Å². The Labute approximate surface area is 119 Å². The van der Waals surface area contributed by atoms with E-state index in [1.54, 1.807) is 17.1 Å². The van der Waals surface area contributed by atoms with Crippen molar-refractivity contribution in [1.29, 1.82) is 0 Å². The van der Waals surface area contributed by atoms with Crippen LogP contribution in [-0.2, 0) is 24.4 Å². The second-order valence-corrected chi connectivity index (χ2v) is 5.10. The summed E-state index contributed by atoms with van der Waals surface area (Å²) in [4.78, 5) is 11.8. The van der Waals surface area contributed by atoms with Crippen molar-refractivity contribution in [1.82, 2.24) is 24.9 Å². The molecule has 2 aromatic heterocycles. The SMILES string of the molecule is CCn1ncc(Br)c1CNC(=O)Cn1cc(C)cn1. The monoisotopic (exact) mass is 325 g/mol. The molecular weight excluding hydrogens is 310 g/mol. The van der Waals surface area contributed by atoms with E-state index in [1.165, 1.54) is 0 Å². The molecule has 0 atom stereocenters. The zero-order valence-electron chi connectivity index (χ0n) is 10.9. The van der Waals surface area contributed by atoms with Crippen molar-refractivity contribution in [2.24, 2.45) is 0 Å². The van der Waals surface area contributed by atoms with E-state index in [4.69, 9.17) is 0 Å². The smallest absolute Gasteiger partial charge is 0.242 e. The topological polar surface area (TPSA) is 64.7 Å². The third-order valence-electron chi connectivity index (χ3n) is 2.72. The van der Waals surface area contributed by atoms with Gasteiger partial charge in [0, 0.05) is 12.7 Å². The van der Waals surface area contributed by atoms with Gasteiger partial charge < -0.3 is 5.32 Å². The molecule has 7 heteroatoms. The lowest BCUT2D eigenvalue weighted by atomic mass is 10.4. The molecule has 0 aliphatic rings. The van der Waals surface area contributed by atoms with Crippen molar-refractivity contribution >= 4 is 21.8 Å². The summed E-state index contributed by atoms with van der Waals surface area (Å²) in [5.41, 5.74) is 2.01. The van der Waals surface area contributed by atoms with Crippen molar-refractivity contribution in [3.05, 3.63) is 34.3 Å². The van der Waals surface area contributed by atoms with Gasteiger partial charge >= 0.3 is 0 Å². The Morgan fingerprint density at radius 3 is 2.84 bits per heavy atom. The maximum atomic E-state index is 11.8. The molecular formula is C12H16BrN5O. The average Bonchev–Trinajstić information content (AvgIpc) is 2.93. The molecule has 0 aliphatic carbocycles. The molecule has 0 spiro atoms. The van der Waals surface area contributed by atoms with E-state index in [9.17, 15) is 4.79 Å². The number of nitrogens with one attached hydrogen (secondary N) is 1. The fourth-order valence-electron chi connectivity index (χ4n) is 1.77. The summed E-state index contributed by atoms with van der Waals surface area (Å²) >= 11 is 3.43. The summed E-state index contributed by atoms with van der Waals surface area (Å²) in [6, 6.07) is 0. The molecule has 2 aromatic rings. The maximum Gasteiger partial charge on any atom is 0.242 e. The number of hydrogen-bond acceptors (Lipinski definition) is 3. The van der Waals surface area contributed by atoms with Crippen LogP contribution in [0.15, 0.2) is 23.1 Å². The highest BCUT2D eigenvalue weighted by molar-refractivity contribution is 9.10. The number of aryl methyl sites for hydroxylation is 2. The van der Waals surface area contributed by atoms with Crippen LogP contribution >= 0.6 is 15.9 Å². The van der Waals surface area contributed by atoms with Gasteiger partial charge in [0.15, 0.2) is 0 Å². The first-order valence-electron chi connectivity index (χ1n) is 6.06. The first kappa shape index (κ1) is 13.8. The van der Waals surface area contributed by atoms with Crippen LogP contribution in [0.1, 0.15) is 18.2 Å². The van der Waals surface area contributed by atoms with E-state index in [0.717, 1.165) is 22.3 Å². The van der Waals surface area contributed by atoms with E-state index in [2.05, 4.69) is 31.4 Å². The van der Waals surface area contributed by atoms with E-state index in [0.29, 0.717) is 6.54 Å². The predicted molar refractivity (Wildman–Crippen MR) is 74.4 cm³/mol. The molecule has 102 valence electrons. The first-order valence-corrected chi connectivity index (χ1v) is 6.85. The molecule has 6 nitrogen and oxygen atoms in total. The third kappa shape index (κ3) is 3.44. The number of carbonyl (C=O) groups excluding carboxylic acids is 1. The molecule has 0 unspecified atom stereocenters. The summed E-state index contributed by atoms with van der Waals surface area (Å²) < 4.78 is 4.38. The van der Waals surface area contributed by atoms with Crippen LogP contribution in [0.5, 0.6) is 0 Å². The fraction of sp³-hybridized carbons (Fsp3) is 0.417. The number of nitrogens with zero attached hydrogens (tertiary/aromatic N) is 4.